The van der Waals surface area contributed by atoms with Crippen molar-refractivity contribution in [3.63, 3.8) is 0 Å². The number of rotatable bonds is 1. The Balaban J connectivity index is 2.83. The van der Waals surface area contributed by atoms with E-state index in [4.69, 9.17) is 0 Å². The highest BCUT2D eigenvalue weighted by Gasteiger charge is 2.42. The highest BCUT2D eigenvalue weighted by Crippen LogP contribution is 2.51. The van der Waals surface area contributed by atoms with Gasteiger partial charge in [0.25, 0.3) is 0 Å². The van der Waals surface area contributed by atoms with Crippen LogP contribution in [0.5, 0.6) is 0 Å². The van der Waals surface area contributed by atoms with Gasteiger partial charge < -0.3 is 0 Å². The van der Waals surface area contributed by atoms with Crippen LogP contribution in [-0.4, -0.2) is 0 Å². The van der Waals surface area contributed by atoms with Gasteiger partial charge in [0, 0.05) is 10.8 Å². The second kappa shape index (κ2) is 4.23. The second-order valence-corrected chi connectivity index (χ2v) is 7.49. The van der Waals surface area contributed by atoms with Crippen molar-refractivity contribution in [1.82, 2.24) is 0 Å². The first-order valence-corrected chi connectivity index (χ1v) is 7.43. The van der Waals surface area contributed by atoms with Crippen molar-refractivity contribution in [2.45, 2.75) is 66.2 Å². The lowest BCUT2D eigenvalue weighted by molar-refractivity contribution is 0.457. The lowest BCUT2D eigenvalue weighted by Crippen LogP contribution is -2.38. The molecule has 0 heteroatoms. The van der Waals surface area contributed by atoms with Crippen molar-refractivity contribution >= 4 is 0 Å². The van der Waals surface area contributed by atoms with Gasteiger partial charge in [-0.25, -0.2) is 0 Å². The zero-order chi connectivity index (χ0) is 14.6. The highest BCUT2D eigenvalue weighted by atomic mass is 14.5. The van der Waals surface area contributed by atoms with Crippen molar-refractivity contribution in [3.05, 3.63) is 46.0 Å². The summed E-state index contributed by atoms with van der Waals surface area (Å²) in [5.74, 6) is 0.600. The van der Waals surface area contributed by atoms with Crippen LogP contribution in [-0.2, 0) is 10.8 Å². The monoisotopic (exact) mass is 256 g/mol. The molecule has 0 saturated heterocycles. The molecule has 0 spiro atoms. The molecule has 0 N–H and O–H groups in total. The summed E-state index contributed by atoms with van der Waals surface area (Å²) in [7, 11) is 0. The lowest BCUT2D eigenvalue weighted by atomic mass is 9.58. The normalized spacial score (nSPS) is 20.7. The van der Waals surface area contributed by atoms with E-state index in [-0.39, 0.29) is 10.8 Å². The molecule has 19 heavy (non-hydrogen) atoms. The average Bonchev–Trinajstić information content (AvgIpc) is 2.26. The van der Waals surface area contributed by atoms with Gasteiger partial charge in [-0.2, -0.15) is 0 Å². The molecule has 0 atom stereocenters. The van der Waals surface area contributed by atoms with E-state index in [1.54, 1.807) is 11.1 Å². The van der Waals surface area contributed by atoms with E-state index in [0.29, 0.717) is 5.92 Å². The largest absolute Gasteiger partial charge is 0.0629 e. The fourth-order valence-electron chi connectivity index (χ4n) is 4.03. The zero-order valence-corrected chi connectivity index (χ0v) is 13.8. The third kappa shape index (κ3) is 1.96. The molecule has 1 aliphatic rings. The number of hydrogen-bond acceptors (Lipinski definition) is 0. The predicted molar refractivity (Wildman–Crippen MR) is 84.8 cm³/mol. The molecule has 0 saturated carbocycles. The van der Waals surface area contributed by atoms with Crippen LogP contribution in [0.2, 0.25) is 0 Å². The Morgan fingerprint density at radius 2 is 1.42 bits per heavy atom. The number of hydrogen-bond donors (Lipinski definition) is 0. The van der Waals surface area contributed by atoms with Gasteiger partial charge in [-0.1, -0.05) is 76.5 Å². The quantitative estimate of drug-likeness (QED) is 0.579. The van der Waals surface area contributed by atoms with Crippen LogP contribution >= 0.6 is 0 Å². The Hall–Kier alpha value is -1.04. The van der Waals surface area contributed by atoms with Gasteiger partial charge in [0.05, 0.1) is 0 Å². The summed E-state index contributed by atoms with van der Waals surface area (Å²) in [6.07, 6.45) is 0. The Kier molecular flexibility index (Phi) is 3.20. The summed E-state index contributed by atoms with van der Waals surface area (Å²) in [5.41, 5.74) is 7.87. The topological polar surface area (TPSA) is 0 Å². The van der Waals surface area contributed by atoms with Gasteiger partial charge in [0.2, 0.25) is 0 Å². The molecule has 0 aromatic heterocycles. The van der Waals surface area contributed by atoms with Crippen LogP contribution in [0.25, 0.3) is 0 Å². The maximum atomic E-state index is 2.39. The minimum atomic E-state index is 0.148. The van der Waals surface area contributed by atoms with Gasteiger partial charge in [0.15, 0.2) is 0 Å². The molecule has 0 fully saturated rings. The average molecular weight is 256 g/mol. The van der Waals surface area contributed by atoms with E-state index in [1.807, 2.05) is 0 Å². The Bertz CT molecular complexity index is 539. The lowest BCUT2D eigenvalue weighted by Gasteiger charge is -2.46. The third-order valence-corrected chi connectivity index (χ3v) is 5.11. The summed E-state index contributed by atoms with van der Waals surface area (Å²) in [5, 5.41) is 0. The predicted octanol–water partition coefficient (Wildman–Crippen LogP) is 5.54. The minimum Gasteiger partial charge on any atom is -0.0629 e. The van der Waals surface area contributed by atoms with Crippen LogP contribution < -0.4 is 0 Å². The first-order chi connectivity index (χ1) is 8.60. The SMILES string of the molecule is CC1=C(C(C)C)C(C)(C)c2cc(C)ccc2C1(C)C. The van der Waals surface area contributed by atoms with Crippen LogP contribution in [0.15, 0.2) is 29.3 Å². The first kappa shape index (κ1) is 14.4. The molecule has 104 valence electrons. The molecule has 0 bridgehead atoms. The van der Waals surface area contributed by atoms with E-state index < -0.39 is 0 Å². The highest BCUT2D eigenvalue weighted by molar-refractivity contribution is 5.55. The fraction of sp³-hybridized carbons (Fsp3) is 0.579. The molecule has 1 aromatic rings. The van der Waals surface area contributed by atoms with Crippen LogP contribution in [0.4, 0.5) is 0 Å². The molecular formula is C19H28. The van der Waals surface area contributed by atoms with E-state index in [9.17, 15) is 0 Å². The molecule has 0 aliphatic heterocycles. The molecule has 2 rings (SSSR count). The maximum Gasteiger partial charge on any atom is 0.0114 e. The number of fused-ring (bicyclic) bond motifs is 1. The summed E-state index contributed by atoms with van der Waals surface area (Å²) in [4.78, 5) is 0. The third-order valence-electron chi connectivity index (χ3n) is 5.11. The molecule has 0 amide bonds. The summed E-state index contributed by atoms with van der Waals surface area (Å²) < 4.78 is 0. The maximum absolute atomic E-state index is 2.39. The van der Waals surface area contributed by atoms with E-state index >= 15 is 0 Å². The van der Waals surface area contributed by atoms with Crippen LogP contribution in [0.1, 0.15) is 65.2 Å². The van der Waals surface area contributed by atoms with Crippen LogP contribution in [0, 0.1) is 12.8 Å². The minimum absolute atomic E-state index is 0.148. The van der Waals surface area contributed by atoms with Crippen molar-refractivity contribution in [1.29, 1.82) is 0 Å². The fourth-order valence-corrected chi connectivity index (χ4v) is 4.03. The molecule has 1 aliphatic carbocycles. The zero-order valence-electron chi connectivity index (χ0n) is 13.8. The van der Waals surface area contributed by atoms with Crippen molar-refractivity contribution in [2.24, 2.45) is 5.92 Å². The molecular weight excluding hydrogens is 228 g/mol. The van der Waals surface area contributed by atoms with Crippen molar-refractivity contribution in [2.75, 3.05) is 0 Å². The molecule has 0 unspecified atom stereocenters. The standard InChI is InChI=1S/C19H28/c1-12(2)17-14(4)18(5,6)15-10-9-13(3)11-16(15)19(17,7)8/h9-12H,1-8H3. The molecule has 0 nitrogen and oxygen atoms in total. The van der Waals surface area contributed by atoms with E-state index in [0.717, 1.165) is 0 Å². The van der Waals surface area contributed by atoms with Gasteiger partial charge in [-0.3, -0.25) is 0 Å². The molecule has 0 heterocycles. The van der Waals surface area contributed by atoms with Gasteiger partial charge in [0.1, 0.15) is 0 Å². The van der Waals surface area contributed by atoms with Crippen molar-refractivity contribution in [3.8, 4) is 0 Å². The number of benzene rings is 1. The van der Waals surface area contributed by atoms with Gasteiger partial charge >= 0.3 is 0 Å². The molecule has 0 radical (unpaired) electrons. The first-order valence-electron chi connectivity index (χ1n) is 7.43. The number of allylic oxidation sites excluding steroid dienone is 2. The van der Waals surface area contributed by atoms with Crippen LogP contribution in [0.3, 0.4) is 0 Å². The molecule has 1 aromatic carbocycles. The number of aryl methyl sites for hydroxylation is 1. The van der Waals surface area contributed by atoms with Gasteiger partial charge in [-0.15, -0.1) is 0 Å². The van der Waals surface area contributed by atoms with E-state index in [2.05, 4.69) is 73.6 Å². The Labute approximate surface area is 118 Å². The summed E-state index contributed by atoms with van der Waals surface area (Å²) in [6, 6.07) is 6.99. The Morgan fingerprint density at radius 3 is 1.95 bits per heavy atom. The van der Waals surface area contributed by atoms with E-state index in [1.165, 1.54) is 16.7 Å². The second-order valence-electron chi connectivity index (χ2n) is 7.49. The summed E-state index contributed by atoms with van der Waals surface area (Å²) in [6.45, 7) is 18.7. The van der Waals surface area contributed by atoms with Crippen molar-refractivity contribution < 1.29 is 0 Å². The smallest absolute Gasteiger partial charge is 0.0114 e. The summed E-state index contributed by atoms with van der Waals surface area (Å²) >= 11 is 0. The van der Waals surface area contributed by atoms with Gasteiger partial charge in [-0.05, 0) is 30.9 Å². The Morgan fingerprint density at radius 1 is 0.842 bits per heavy atom.